The Morgan fingerprint density at radius 2 is 0.728 bits per heavy atom. The van der Waals surface area contributed by atoms with E-state index in [2.05, 4.69) is 296 Å². The molecule has 0 saturated heterocycles. The van der Waals surface area contributed by atoms with Crippen LogP contribution in [-0.4, -0.2) is 12.3 Å². The molecular weight excluding hydrogens is 978 g/mol. The second-order valence-electron chi connectivity index (χ2n) is 30.6. The highest BCUT2D eigenvalue weighted by Gasteiger charge is 2.60. The molecule has 1 saturated carbocycles. The molecule has 0 spiro atoms. The van der Waals surface area contributed by atoms with Gasteiger partial charge in [-0.1, -0.05) is 233 Å². The summed E-state index contributed by atoms with van der Waals surface area (Å²) in [5.74, 6) is 0. The van der Waals surface area contributed by atoms with Crippen LogP contribution >= 0.6 is 0 Å². The van der Waals surface area contributed by atoms with Crippen molar-refractivity contribution in [3.05, 3.63) is 219 Å². The quantitative estimate of drug-likeness (QED) is 0.159. The Bertz CT molecular complexity index is 3620. The lowest BCUT2D eigenvalue weighted by atomic mass is 9.27. The average Bonchev–Trinajstić information content (AvgIpc) is 2.21. The zero-order valence-corrected chi connectivity index (χ0v) is 51.8. The first-order chi connectivity index (χ1) is 38.1. The Kier molecular flexibility index (Phi) is 11.6. The third-order valence-corrected chi connectivity index (χ3v) is 20.4. The van der Waals surface area contributed by atoms with Crippen LogP contribution in [-0.2, 0) is 37.9 Å². The Hall–Kier alpha value is -6.78. The summed E-state index contributed by atoms with van der Waals surface area (Å²) < 4.78 is 0. The lowest BCUT2D eigenvalue weighted by Gasteiger charge is -2.54. The molecule has 4 heterocycles. The smallest absolute Gasteiger partial charge is 0.253 e. The molecule has 4 aliphatic heterocycles. The topological polar surface area (TPSA) is 9.72 Å². The fourth-order valence-corrected chi connectivity index (χ4v) is 15.5. The normalized spacial score (nSPS) is 19.8. The van der Waals surface area contributed by atoms with Crippen LogP contribution in [0.4, 0.5) is 45.5 Å². The van der Waals surface area contributed by atoms with E-state index >= 15 is 0 Å². The number of anilines is 8. The van der Waals surface area contributed by atoms with E-state index in [1.807, 2.05) is 0 Å². The van der Waals surface area contributed by atoms with Gasteiger partial charge in [-0.15, -0.1) is 0 Å². The fourth-order valence-electron chi connectivity index (χ4n) is 15.5. The van der Waals surface area contributed by atoms with Gasteiger partial charge in [-0.05, 0) is 173 Å². The SMILES string of the molecule is CC(C)(C)c1ccc(N2c3cc(N4c5ccc(C(C)(C)C)cc5C5(C)CCCCC45C)cc4c3B3c5c2cc(C(C)(C)C)cc5C(c2ccccc2)(c2ccccc2)c2cc(C(C)(C)C)cc(c23)N4c2ccc(C(C)(C)C)cc2)cc1. The van der Waals surface area contributed by atoms with Gasteiger partial charge in [0.1, 0.15) is 0 Å². The average molecular weight is 1060 g/mol. The van der Waals surface area contributed by atoms with Gasteiger partial charge < -0.3 is 14.7 Å². The lowest BCUT2D eigenvalue weighted by Crippen LogP contribution is -2.68. The predicted molar refractivity (Wildman–Crippen MR) is 349 cm³/mol. The minimum absolute atomic E-state index is 0.00591. The minimum atomic E-state index is -0.681. The van der Waals surface area contributed by atoms with Gasteiger partial charge in [-0.25, -0.2) is 0 Å². The van der Waals surface area contributed by atoms with Gasteiger partial charge in [0.05, 0.1) is 11.0 Å². The van der Waals surface area contributed by atoms with Crippen molar-refractivity contribution in [2.24, 2.45) is 0 Å². The van der Waals surface area contributed by atoms with Crippen molar-refractivity contribution in [3.63, 3.8) is 0 Å². The summed E-state index contributed by atoms with van der Waals surface area (Å²) in [5, 5.41) is 0. The van der Waals surface area contributed by atoms with Crippen molar-refractivity contribution >= 4 is 68.6 Å². The molecule has 5 aliphatic rings. The van der Waals surface area contributed by atoms with Crippen LogP contribution in [0.5, 0.6) is 0 Å². The van der Waals surface area contributed by atoms with Gasteiger partial charge in [0, 0.05) is 50.9 Å². The largest absolute Gasteiger partial charge is 0.334 e. The van der Waals surface area contributed by atoms with Crippen LogP contribution < -0.4 is 31.1 Å². The van der Waals surface area contributed by atoms with Gasteiger partial charge in [0.2, 0.25) is 0 Å². The molecule has 0 aromatic heterocycles. The molecule has 1 fully saturated rings. The fraction of sp³-hybridized carbons (Fsp3) is 0.377. The molecular formula is C77H86BN3. The van der Waals surface area contributed by atoms with E-state index in [1.54, 1.807) is 0 Å². The third kappa shape index (κ3) is 7.80. The molecule has 0 bridgehead atoms. The standard InChI is InChI=1S/C77H86BN3/c1-70(2,3)49-30-35-56(36-31-49)79-63-45-54(73(10,11)12)43-60-67(63)78-68-61(77(60,51-26-20-18-21-27-51)52-28-22-19-23-29-52)44-55(74(13,14)15)46-64(68)80(57-37-32-50(33-38-57)71(4,5)6)66-48-58(47-65(79)69(66)78)81-62-39-34-53(72(7,8)9)42-59(62)75(16)40-24-25-41-76(75,81)17/h18-23,26-39,42-48H,24-25,40-41H2,1-17H3. The van der Waals surface area contributed by atoms with Gasteiger partial charge in [0.25, 0.3) is 6.71 Å². The van der Waals surface area contributed by atoms with Gasteiger partial charge in [-0.2, -0.15) is 0 Å². The second-order valence-corrected chi connectivity index (χ2v) is 30.6. The third-order valence-electron chi connectivity index (χ3n) is 20.4. The van der Waals surface area contributed by atoms with Gasteiger partial charge >= 0.3 is 0 Å². The van der Waals surface area contributed by atoms with Gasteiger partial charge in [-0.3, -0.25) is 0 Å². The first-order valence-electron chi connectivity index (χ1n) is 30.5. The molecule has 81 heavy (non-hydrogen) atoms. The summed E-state index contributed by atoms with van der Waals surface area (Å²) in [6, 6.07) is 65.9. The summed E-state index contributed by atoms with van der Waals surface area (Å²) in [4.78, 5) is 8.30. The van der Waals surface area contributed by atoms with E-state index in [4.69, 9.17) is 0 Å². The van der Waals surface area contributed by atoms with Crippen molar-refractivity contribution in [2.45, 2.75) is 187 Å². The zero-order valence-electron chi connectivity index (χ0n) is 51.8. The van der Waals surface area contributed by atoms with E-state index < -0.39 is 5.41 Å². The van der Waals surface area contributed by atoms with Crippen molar-refractivity contribution in [1.29, 1.82) is 0 Å². The lowest BCUT2D eigenvalue weighted by molar-refractivity contribution is 0.195. The van der Waals surface area contributed by atoms with E-state index in [9.17, 15) is 0 Å². The summed E-state index contributed by atoms with van der Waals surface area (Å²) in [5.41, 5.74) is 26.6. The van der Waals surface area contributed by atoms with Gasteiger partial charge in [0.15, 0.2) is 0 Å². The molecule has 8 aromatic rings. The monoisotopic (exact) mass is 1060 g/mol. The molecule has 13 rings (SSSR count). The first kappa shape index (κ1) is 53.5. The Morgan fingerprint density at radius 1 is 0.346 bits per heavy atom. The van der Waals surface area contributed by atoms with Crippen molar-refractivity contribution in [3.8, 4) is 0 Å². The van der Waals surface area contributed by atoms with Crippen molar-refractivity contribution in [2.75, 3.05) is 14.7 Å². The maximum Gasteiger partial charge on any atom is 0.253 e. The van der Waals surface area contributed by atoms with Crippen molar-refractivity contribution < 1.29 is 0 Å². The van der Waals surface area contributed by atoms with Crippen LogP contribution in [0.1, 0.15) is 199 Å². The summed E-state index contributed by atoms with van der Waals surface area (Å²) in [6.45, 7) is 40.8. The van der Waals surface area contributed by atoms with E-state index in [-0.39, 0.29) is 44.7 Å². The minimum Gasteiger partial charge on any atom is -0.334 e. The number of hydrogen-bond donors (Lipinski definition) is 0. The maximum atomic E-state index is 2.85. The molecule has 1 aliphatic carbocycles. The molecule has 412 valence electrons. The van der Waals surface area contributed by atoms with Crippen LogP contribution in [0.25, 0.3) is 0 Å². The first-order valence-corrected chi connectivity index (χ1v) is 30.5. The zero-order chi connectivity index (χ0) is 57.4. The molecule has 2 atom stereocenters. The summed E-state index contributed by atoms with van der Waals surface area (Å²) >= 11 is 0. The summed E-state index contributed by atoms with van der Waals surface area (Å²) in [7, 11) is 0. The van der Waals surface area contributed by atoms with Crippen molar-refractivity contribution in [1.82, 2.24) is 0 Å². The molecule has 4 heteroatoms. The van der Waals surface area contributed by atoms with E-state index in [0.29, 0.717) is 0 Å². The Morgan fingerprint density at radius 3 is 1.15 bits per heavy atom. The molecule has 2 unspecified atom stereocenters. The number of fused-ring (bicyclic) bond motifs is 3. The summed E-state index contributed by atoms with van der Waals surface area (Å²) in [6.07, 6.45) is 4.74. The number of rotatable bonds is 5. The van der Waals surface area contributed by atoms with Crippen LogP contribution in [0, 0.1) is 0 Å². The number of hydrogen-bond acceptors (Lipinski definition) is 3. The molecule has 0 amide bonds. The highest BCUT2D eigenvalue weighted by molar-refractivity contribution is 7.01. The Balaban J connectivity index is 1.24. The highest BCUT2D eigenvalue weighted by Crippen LogP contribution is 2.63. The molecule has 8 aromatic carbocycles. The number of nitrogens with zero attached hydrogens (tertiary/aromatic N) is 3. The molecule has 3 nitrogen and oxygen atoms in total. The molecule has 0 N–H and O–H groups in total. The highest BCUT2D eigenvalue weighted by atomic mass is 15.3. The predicted octanol–water partition coefficient (Wildman–Crippen LogP) is 18.7. The van der Waals surface area contributed by atoms with Crippen LogP contribution in [0.3, 0.4) is 0 Å². The maximum absolute atomic E-state index is 2.85. The second kappa shape index (κ2) is 17.6. The van der Waals surface area contributed by atoms with E-state index in [1.165, 1.54) is 137 Å². The van der Waals surface area contributed by atoms with Crippen LogP contribution in [0.2, 0.25) is 0 Å². The molecule has 0 radical (unpaired) electrons. The Labute approximate surface area is 486 Å². The van der Waals surface area contributed by atoms with E-state index in [0.717, 1.165) is 6.42 Å². The van der Waals surface area contributed by atoms with Crippen LogP contribution in [0.15, 0.2) is 164 Å². The number of benzene rings is 8.